The Morgan fingerprint density at radius 2 is 1.88 bits per heavy atom. The van der Waals surface area contributed by atoms with Crippen LogP contribution in [0.1, 0.15) is 0 Å². The van der Waals surface area contributed by atoms with Gasteiger partial charge in [-0.2, -0.15) is 0 Å². The van der Waals surface area contributed by atoms with E-state index in [1.165, 1.54) is 8.97 Å². The molecule has 0 radical (unpaired) electrons. The molecule has 0 spiro atoms. The first kappa shape index (κ1) is 11.7. The van der Waals surface area contributed by atoms with Crippen molar-refractivity contribution in [2.75, 3.05) is 7.11 Å². The molecular weight excluding hydrogens is 305 g/mol. The molecule has 1 heterocycles. The van der Waals surface area contributed by atoms with E-state index in [1.54, 1.807) is 7.11 Å². The average molecular weight is 322 g/mol. The van der Waals surface area contributed by atoms with Crippen LogP contribution in [0, 0.1) is 0 Å². The Balaban J connectivity index is 2.59. The van der Waals surface area contributed by atoms with Crippen molar-refractivity contribution in [1.29, 1.82) is 0 Å². The normalized spacial score (nSPS) is 11.8. The molecule has 84 valence electrons. The molecule has 0 fully saturated rings. The summed E-state index contributed by atoms with van der Waals surface area (Å²) in [7, 11) is 1.70. The van der Waals surface area contributed by atoms with Gasteiger partial charge in [0.1, 0.15) is 0 Å². The van der Waals surface area contributed by atoms with E-state index < -0.39 is 18.4 Å². The fourth-order valence-corrected chi connectivity index (χ4v) is 4.62. The third kappa shape index (κ3) is 2.32. The minimum atomic E-state index is -2.00. The van der Waals surface area contributed by atoms with Gasteiger partial charge in [-0.05, 0) is 0 Å². The van der Waals surface area contributed by atoms with Gasteiger partial charge in [-0.3, -0.25) is 0 Å². The van der Waals surface area contributed by atoms with Gasteiger partial charge in [0.2, 0.25) is 0 Å². The summed E-state index contributed by atoms with van der Waals surface area (Å²) in [5, 5.41) is 1.18. The second-order valence-electron chi connectivity index (χ2n) is 5.03. The standard InChI is InChI=1S/C10H8NO.3CH3.Sn/c1-12-9-4-5-10-8(7-9)3-2-6-11-10;;;;/h3-7H,1H3;3*1H3;. The zero-order chi connectivity index (χ0) is 11.8. The molecule has 1 aromatic heterocycles. The van der Waals surface area contributed by atoms with Gasteiger partial charge < -0.3 is 0 Å². The van der Waals surface area contributed by atoms with Gasteiger partial charge in [-0.15, -0.1) is 0 Å². The third-order valence-electron chi connectivity index (χ3n) is 2.75. The molecule has 2 rings (SSSR count). The monoisotopic (exact) mass is 323 g/mol. The van der Waals surface area contributed by atoms with E-state index in [4.69, 9.17) is 4.74 Å². The average Bonchev–Trinajstić information content (AvgIpc) is 2.26. The van der Waals surface area contributed by atoms with Crippen LogP contribution in [0.15, 0.2) is 30.5 Å². The van der Waals surface area contributed by atoms with Crippen molar-refractivity contribution >= 4 is 32.9 Å². The molecule has 0 amide bonds. The quantitative estimate of drug-likeness (QED) is 0.794. The van der Waals surface area contributed by atoms with Crippen LogP contribution in [0.25, 0.3) is 10.9 Å². The van der Waals surface area contributed by atoms with Crippen molar-refractivity contribution in [1.82, 2.24) is 4.98 Å². The van der Waals surface area contributed by atoms with Crippen LogP contribution in [-0.2, 0) is 0 Å². The van der Waals surface area contributed by atoms with Crippen molar-refractivity contribution in [3.8, 4) is 5.75 Å². The molecule has 3 heteroatoms. The number of ether oxygens (including phenoxy) is 1. The fraction of sp³-hybridized carbons (Fsp3) is 0.308. The molecule has 0 N–H and O–H groups in total. The van der Waals surface area contributed by atoms with Crippen molar-refractivity contribution in [2.45, 2.75) is 14.8 Å². The van der Waals surface area contributed by atoms with E-state index in [2.05, 4.69) is 31.9 Å². The first-order valence-electron chi connectivity index (χ1n) is 5.45. The number of aromatic nitrogens is 1. The van der Waals surface area contributed by atoms with Crippen LogP contribution in [0.5, 0.6) is 5.75 Å². The molecule has 0 saturated heterocycles. The molecule has 0 atom stereocenters. The molecule has 2 nitrogen and oxygen atoms in total. The second-order valence-corrected chi connectivity index (χ2v) is 19.5. The number of fused-ring (bicyclic) bond motifs is 1. The van der Waals surface area contributed by atoms with Crippen LogP contribution in [0.4, 0.5) is 0 Å². The molecule has 0 bridgehead atoms. The summed E-state index contributed by atoms with van der Waals surface area (Å²) in [4.78, 5) is 11.7. The van der Waals surface area contributed by atoms with Gasteiger partial charge in [0.25, 0.3) is 0 Å². The van der Waals surface area contributed by atoms with Gasteiger partial charge in [-0.25, -0.2) is 0 Å². The number of methoxy groups -OCH3 is 1. The van der Waals surface area contributed by atoms with Gasteiger partial charge in [0.05, 0.1) is 0 Å². The topological polar surface area (TPSA) is 22.1 Å². The van der Waals surface area contributed by atoms with E-state index in [1.807, 2.05) is 18.3 Å². The SMILES string of the molecule is COc1ccc2nc[c]([Sn]([CH3])([CH3])[CH3])cc2c1. The molecule has 0 aliphatic heterocycles. The second kappa shape index (κ2) is 4.24. The summed E-state index contributed by atoms with van der Waals surface area (Å²) in [6.07, 6.45) is 2.05. The number of nitrogens with zero attached hydrogens (tertiary/aromatic N) is 1. The summed E-state index contributed by atoms with van der Waals surface area (Å²) in [5.74, 6) is 0.899. The number of hydrogen-bond acceptors (Lipinski definition) is 2. The van der Waals surface area contributed by atoms with Gasteiger partial charge in [0, 0.05) is 0 Å². The van der Waals surface area contributed by atoms with E-state index in [0.29, 0.717) is 0 Å². The third-order valence-corrected chi connectivity index (χ3v) is 8.48. The van der Waals surface area contributed by atoms with E-state index in [0.717, 1.165) is 11.3 Å². The summed E-state index contributed by atoms with van der Waals surface area (Å²) < 4.78 is 6.69. The number of hydrogen-bond donors (Lipinski definition) is 0. The number of benzene rings is 1. The molecule has 0 aliphatic carbocycles. The van der Waals surface area contributed by atoms with Gasteiger partial charge in [-0.1, -0.05) is 0 Å². The van der Waals surface area contributed by atoms with Crippen LogP contribution in [0.3, 0.4) is 0 Å². The van der Waals surface area contributed by atoms with E-state index >= 15 is 0 Å². The Labute approximate surface area is 101 Å². The van der Waals surface area contributed by atoms with E-state index in [-0.39, 0.29) is 0 Å². The molecule has 0 saturated carbocycles. The Morgan fingerprint density at radius 3 is 2.50 bits per heavy atom. The first-order valence-corrected chi connectivity index (χ1v) is 15.4. The van der Waals surface area contributed by atoms with Crippen LogP contribution in [0.2, 0.25) is 14.8 Å². The summed E-state index contributed by atoms with van der Waals surface area (Å²) in [5.41, 5.74) is 1.04. The number of rotatable bonds is 2. The summed E-state index contributed by atoms with van der Waals surface area (Å²) in [6, 6.07) is 8.30. The van der Waals surface area contributed by atoms with Crippen LogP contribution < -0.4 is 8.32 Å². The predicted octanol–water partition coefficient (Wildman–Crippen LogP) is 2.79. The van der Waals surface area contributed by atoms with Crippen molar-refractivity contribution in [3.63, 3.8) is 0 Å². The fourth-order valence-electron chi connectivity index (χ4n) is 1.65. The van der Waals surface area contributed by atoms with Crippen LogP contribution in [-0.4, -0.2) is 30.5 Å². The zero-order valence-electron chi connectivity index (χ0n) is 10.2. The molecule has 1 aromatic carbocycles. The summed E-state index contributed by atoms with van der Waals surface area (Å²) in [6.45, 7) is 0. The molecule has 16 heavy (non-hydrogen) atoms. The minimum absolute atomic E-state index is 0.899. The molecular formula is C13H17NOSn. The zero-order valence-corrected chi connectivity index (χ0v) is 13.1. The Kier molecular flexibility index (Phi) is 3.10. The number of pyridine rings is 1. The Hall–Kier alpha value is -0.771. The van der Waals surface area contributed by atoms with Gasteiger partial charge in [0.15, 0.2) is 0 Å². The van der Waals surface area contributed by atoms with Crippen molar-refractivity contribution in [2.24, 2.45) is 0 Å². The van der Waals surface area contributed by atoms with Crippen LogP contribution >= 0.6 is 0 Å². The first-order chi connectivity index (χ1) is 7.50. The molecule has 0 unspecified atom stereocenters. The maximum absolute atomic E-state index is 5.24. The predicted molar refractivity (Wildman–Crippen MR) is 71.3 cm³/mol. The Morgan fingerprint density at radius 1 is 1.12 bits per heavy atom. The maximum atomic E-state index is 5.24. The molecule has 2 aromatic rings. The van der Waals surface area contributed by atoms with Crippen molar-refractivity contribution < 1.29 is 4.74 Å². The Bertz CT molecular complexity index is 517. The van der Waals surface area contributed by atoms with Crippen molar-refractivity contribution in [3.05, 3.63) is 30.5 Å². The van der Waals surface area contributed by atoms with E-state index in [9.17, 15) is 0 Å². The van der Waals surface area contributed by atoms with Gasteiger partial charge >= 0.3 is 101 Å². The molecule has 0 aliphatic rings. The summed E-state index contributed by atoms with van der Waals surface area (Å²) >= 11 is -2.00.